The third-order valence-corrected chi connectivity index (χ3v) is 5.37. The number of benzene rings is 1. The number of hydrogen-bond acceptors (Lipinski definition) is 4. The Morgan fingerprint density at radius 3 is 2.52 bits per heavy atom. The Hall–Kier alpha value is -2.08. The van der Waals surface area contributed by atoms with Gasteiger partial charge in [0, 0.05) is 18.8 Å². The van der Waals surface area contributed by atoms with E-state index in [1.165, 1.54) is 17.5 Å². The number of amides is 2. The number of aryl methyl sites for hydroxylation is 2. The second-order valence-electron chi connectivity index (χ2n) is 8.66. The molecule has 1 unspecified atom stereocenters. The van der Waals surface area contributed by atoms with Crippen LogP contribution in [0.1, 0.15) is 51.2 Å². The van der Waals surface area contributed by atoms with Gasteiger partial charge in [0.1, 0.15) is 5.60 Å². The molecule has 2 aliphatic rings. The number of carbonyl (C=O) groups is 2. The van der Waals surface area contributed by atoms with Crippen molar-refractivity contribution in [2.45, 2.75) is 64.5 Å². The fourth-order valence-electron chi connectivity index (χ4n) is 3.86. The number of rotatable bonds is 3. The van der Waals surface area contributed by atoms with E-state index in [0.29, 0.717) is 25.9 Å². The highest BCUT2D eigenvalue weighted by Gasteiger charge is 2.32. The molecule has 1 saturated heterocycles. The molecule has 1 aliphatic carbocycles. The molecule has 6 heteroatoms. The van der Waals surface area contributed by atoms with Crippen LogP contribution in [0.5, 0.6) is 0 Å². The summed E-state index contributed by atoms with van der Waals surface area (Å²) in [4.78, 5) is 26.4. The van der Waals surface area contributed by atoms with Gasteiger partial charge in [-0.25, -0.2) is 4.79 Å². The molecule has 0 bridgehead atoms. The summed E-state index contributed by atoms with van der Waals surface area (Å²) in [6, 6.07) is 5.56. The van der Waals surface area contributed by atoms with Gasteiger partial charge < -0.3 is 20.7 Å². The van der Waals surface area contributed by atoms with Crippen molar-refractivity contribution in [1.29, 1.82) is 0 Å². The number of carbonyl (C=O) groups excluding carboxylic acids is 2. The molecule has 27 heavy (non-hydrogen) atoms. The molecule has 1 aromatic carbocycles. The minimum absolute atomic E-state index is 0.0677. The summed E-state index contributed by atoms with van der Waals surface area (Å²) in [5.41, 5.74) is 9.26. The van der Waals surface area contributed by atoms with Crippen LogP contribution in [0.3, 0.4) is 0 Å². The van der Waals surface area contributed by atoms with E-state index >= 15 is 0 Å². The second kappa shape index (κ2) is 7.89. The molecule has 3 N–H and O–H groups in total. The molecule has 6 nitrogen and oxygen atoms in total. The highest BCUT2D eigenvalue weighted by Crippen LogP contribution is 2.26. The monoisotopic (exact) mass is 373 g/mol. The first kappa shape index (κ1) is 19.7. The second-order valence-corrected chi connectivity index (χ2v) is 8.66. The molecule has 1 aromatic rings. The lowest BCUT2D eigenvalue weighted by Gasteiger charge is -2.35. The van der Waals surface area contributed by atoms with Gasteiger partial charge in [0.05, 0.1) is 6.04 Å². The Bertz CT molecular complexity index is 703. The minimum Gasteiger partial charge on any atom is -0.444 e. The third kappa shape index (κ3) is 5.01. The van der Waals surface area contributed by atoms with Gasteiger partial charge >= 0.3 is 6.09 Å². The van der Waals surface area contributed by atoms with Crippen LogP contribution >= 0.6 is 0 Å². The van der Waals surface area contributed by atoms with Crippen molar-refractivity contribution < 1.29 is 14.3 Å². The number of nitrogens with two attached hydrogens (primary N) is 1. The standard InChI is InChI=1S/C21H31N3O3/c1-21(2,3)27-20(26)24-11-9-15(10-12-24)18(22)19(25)23-17-8-7-14-5-4-6-16(14)13-17/h7-8,13,15,18H,4-6,9-12,22H2,1-3H3,(H,23,25). The van der Waals surface area contributed by atoms with Gasteiger partial charge in [0.15, 0.2) is 0 Å². The summed E-state index contributed by atoms with van der Waals surface area (Å²) in [5, 5.41) is 2.96. The average molecular weight is 373 g/mol. The lowest BCUT2D eigenvalue weighted by atomic mass is 9.89. The van der Waals surface area contributed by atoms with Crippen LogP contribution < -0.4 is 11.1 Å². The summed E-state index contributed by atoms with van der Waals surface area (Å²) >= 11 is 0. The van der Waals surface area contributed by atoms with Crippen LogP contribution in [0.15, 0.2) is 18.2 Å². The van der Waals surface area contributed by atoms with Crippen molar-refractivity contribution in [3.63, 3.8) is 0 Å². The Kier molecular flexibility index (Phi) is 5.75. The van der Waals surface area contributed by atoms with Crippen LogP contribution in [0.4, 0.5) is 10.5 Å². The maximum absolute atomic E-state index is 12.6. The molecule has 1 aliphatic heterocycles. The highest BCUT2D eigenvalue weighted by molar-refractivity contribution is 5.95. The fourth-order valence-corrected chi connectivity index (χ4v) is 3.86. The van der Waals surface area contributed by atoms with Gasteiger partial charge in [-0.15, -0.1) is 0 Å². The Balaban J connectivity index is 1.50. The van der Waals surface area contributed by atoms with Gasteiger partial charge in [-0.3, -0.25) is 4.79 Å². The van der Waals surface area contributed by atoms with Gasteiger partial charge in [-0.2, -0.15) is 0 Å². The maximum atomic E-state index is 12.6. The average Bonchev–Trinajstić information content (AvgIpc) is 3.07. The molecular formula is C21H31N3O3. The molecule has 1 atom stereocenters. The number of nitrogens with one attached hydrogen (secondary N) is 1. The summed E-state index contributed by atoms with van der Waals surface area (Å²) in [7, 11) is 0. The molecule has 1 heterocycles. The number of ether oxygens (including phenoxy) is 1. The molecular weight excluding hydrogens is 342 g/mol. The molecule has 0 radical (unpaired) electrons. The van der Waals surface area contributed by atoms with E-state index in [1.54, 1.807) is 4.90 Å². The number of likely N-dealkylation sites (tertiary alicyclic amines) is 1. The van der Waals surface area contributed by atoms with E-state index in [1.807, 2.05) is 26.8 Å². The van der Waals surface area contributed by atoms with E-state index in [2.05, 4.69) is 17.4 Å². The Morgan fingerprint density at radius 1 is 1.19 bits per heavy atom. The first-order chi connectivity index (χ1) is 12.7. The molecule has 1 fully saturated rings. The van der Waals surface area contributed by atoms with Crippen LogP contribution in [-0.2, 0) is 22.4 Å². The van der Waals surface area contributed by atoms with Crippen molar-refractivity contribution in [3.05, 3.63) is 29.3 Å². The number of fused-ring (bicyclic) bond motifs is 1. The molecule has 148 valence electrons. The number of hydrogen-bond donors (Lipinski definition) is 2. The van der Waals surface area contributed by atoms with Crippen LogP contribution in [-0.4, -0.2) is 41.6 Å². The summed E-state index contributed by atoms with van der Waals surface area (Å²) in [5.74, 6) is -0.0817. The first-order valence-electron chi connectivity index (χ1n) is 9.89. The van der Waals surface area contributed by atoms with E-state index in [9.17, 15) is 9.59 Å². The Labute approximate surface area is 161 Å². The SMILES string of the molecule is CC(C)(C)OC(=O)N1CCC(C(N)C(=O)Nc2ccc3c(c2)CCC3)CC1. The van der Waals surface area contributed by atoms with E-state index in [0.717, 1.165) is 18.5 Å². The first-order valence-corrected chi connectivity index (χ1v) is 9.89. The van der Waals surface area contributed by atoms with Gasteiger partial charge in [-0.1, -0.05) is 6.07 Å². The summed E-state index contributed by atoms with van der Waals surface area (Å²) in [6.07, 6.45) is 4.50. The zero-order valence-electron chi connectivity index (χ0n) is 16.6. The molecule has 3 rings (SSSR count). The van der Waals surface area contributed by atoms with Crippen molar-refractivity contribution in [1.82, 2.24) is 4.90 Å². The van der Waals surface area contributed by atoms with Gasteiger partial charge in [0.2, 0.25) is 5.91 Å². The number of piperidine rings is 1. The van der Waals surface area contributed by atoms with E-state index < -0.39 is 11.6 Å². The fraction of sp³-hybridized carbons (Fsp3) is 0.619. The predicted octanol–water partition coefficient (Wildman–Crippen LogP) is 3.09. The molecule has 0 spiro atoms. The van der Waals surface area contributed by atoms with Crippen molar-refractivity contribution >= 4 is 17.7 Å². The number of anilines is 1. The van der Waals surface area contributed by atoms with Gasteiger partial charge in [-0.05, 0) is 82.1 Å². The van der Waals surface area contributed by atoms with Crippen LogP contribution in [0.2, 0.25) is 0 Å². The molecule has 2 amide bonds. The van der Waals surface area contributed by atoms with Crippen molar-refractivity contribution in [2.75, 3.05) is 18.4 Å². The van der Waals surface area contributed by atoms with Gasteiger partial charge in [0.25, 0.3) is 0 Å². The highest BCUT2D eigenvalue weighted by atomic mass is 16.6. The van der Waals surface area contributed by atoms with Crippen molar-refractivity contribution in [2.24, 2.45) is 11.7 Å². The minimum atomic E-state index is -0.570. The van der Waals surface area contributed by atoms with Crippen molar-refractivity contribution in [3.8, 4) is 0 Å². The third-order valence-electron chi connectivity index (χ3n) is 5.37. The normalized spacial score (nSPS) is 18.7. The molecule has 0 saturated carbocycles. The van der Waals surface area contributed by atoms with Crippen LogP contribution in [0.25, 0.3) is 0 Å². The number of nitrogens with zero attached hydrogens (tertiary/aromatic N) is 1. The predicted molar refractivity (Wildman–Crippen MR) is 106 cm³/mol. The van der Waals surface area contributed by atoms with Crippen LogP contribution in [0, 0.1) is 5.92 Å². The van der Waals surface area contributed by atoms with E-state index in [-0.39, 0.29) is 17.9 Å². The van der Waals surface area contributed by atoms with E-state index in [4.69, 9.17) is 10.5 Å². The zero-order chi connectivity index (χ0) is 19.6. The lowest BCUT2D eigenvalue weighted by molar-refractivity contribution is -0.118. The molecule has 0 aromatic heterocycles. The summed E-state index contributed by atoms with van der Waals surface area (Å²) in [6.45, 7) is 6.71. The topological polar surface area (TPSA) is 84.7 Å². The summed E-state index contributed by atoms with van der Waals surface area (Å²) < 4.78 is 5.41. The largest absolute Gasteiger partial charge is 0.444 e. The zero-order valence-corrected chi connectivity index (χ0v) is 16.6. The quantitative estimate of drug-likeness (QED) is 0.853. The lowest BCUT2D eigenvalue weighted by Crippen LogP contribution is -2.48. The Morgan fingerprint density at radius 2 is 1.85 bits per heavy atom. The smallest absolute Gasteiger partial charge is 0.410 e. The maximum Gasteiger partial charge on any atom is 0.410 e.